The summed E-state index contributed by atoms with van der Waals surface area (Å²) in [6.45, 7) is 1.79. The third kappa shape index (κ3) is 2.71. The predicted octanol–water partition coefficient (Wildman–Crippen LogP) is 2.94. The number of rotatable bonds is 3. The first-order chi connectivity index (χ1) is 8.58. The maximum Gasteiger partial charge on any atom is 0.129 e. The molecule has 4 heteroatoms. The van der Waals surface area contributed by atoms with E-state index >= 15 is 0 Å². The average molecular weight is 249 g/mol. The van der Waals surface area contributed by atoms with E-state index in [1.54, 1.807) is 25.3 Å². The number of hydrogen-bond acceptors (Lipinski definition) is 2. The van der Waals surface area contributed by atoms with E-state index in [1.807, 2.05) is 0 Å². The highest BCUT2D eigenvalue weighted by atomic mass is 19.1. The Hall–Kier alpha value is -1.81. The lowest BCUT2D eigenvalue weighted by Crippen LogP contribution is -2.06. The van der Waals surface area contributed by atoms with Crippen LogP contribution in [0.5, 0.6) is 0 Å². The Morgan fingerprint density at radius 1 is 1.22 bits per heavy atom. The van der Waals surface area contributed by atoms with Crippen LogP contribution in [0, 0.1) is 18.6 Å². The van der Waals surface area contributed by atoms with Crippen molar-refractivity contribution >= 4 is 0 Å². The van der Waals surface area contributed by atoms with Crippen LogP contribution in [-0.2, 0) is 6.42 Å². The molecule has 0 aliphatic rings. The number of aryl methyl sites for hydroxylation is 1. The summed E-state index contributed by atoms with van der Waals surface area (Å²) in [5.74, 6) is -1.28. The molecule has 1 N–H and O–H groups in total. The summed E-state index contributed by atoms with van der Waals surface area (Å²) >= 11 is 0. The first kappa shape index (κ1) is 12.6. The van der Waals surface area contributed by atoms with Crippen molar-refractivity contribution in [2.45, 2.75) is 19.4 Å². The van der Waals surface area contributed by atoms with Crippen molar-refractivity contribution in [2.24, 2.45) is 0 Å². The van der Waals surface area contributed by atoms with Crippen LogP contribution < -0.4 is 0 Å². The molecule has 18 heavy (non-hydrogen) atoms. The maximum absolute atomic E-state index is 13.4. The molecule has 1 aromatic carbocycles. The molecule has 0 spiro atoms. The fraction of sp³-hybridized carbons (Fsp3) is 0.214. The maximum atomic E-state index is 13.4. The normalized spacial score (nSPS) is 12.4. The van der Waals surface area contributed by atoms with E-state index in [0.717, 1.165) is 5.69 Å². The summed E-state index contributed by atoms with van der Waals surface area (Å²) < 4.78 is 26.9. The van der Waals surface area contributed by atoms with Gasteiger partial charge in [-0.3, -0.25) is 4.98 Å². The number of nitrogens with zero attached hydrogens (tertiary/aromatic N) is 1. The lowest BCUT2D eigenvalue weighted by Gasteiger charge is -2.12. The van der Waals surface area contributed by atoms with Crippen molar-refractivity contribution in [3.05, 3.63) is 65.0 Å². The molecule has 1 unspecified atom stereocenters. The number of aromatic nitrogens is 1. The Morgan fingerprint density at radius 3 is 2.50 bits per heavy atom. The van der Waals surface area contributed by atoms with Crippen molar-refractivity contribution in [1.29, 1.82) is 0 Å². The molecular weight excluding hydrogens is 236 g/mol. The molecule has 0 aliphatic carbocycles. The Kier molecular flexibility index (Phi) is 3.67. The van der Waals surface area contributed by atoms with Crippen molar-refractivity contribution in [2.75, 3.05) is 0 Å². The molecular formula is C14H13F2NO. The van der Waals surface area contributed by atoms with Crippen LogP contribution in [0.15, 0.2) is 36.5 Å². The van der Waals surface area contributed by atoms with E-state index in [-0.39, 0.29) is 12.0 Å². The topological polar surface area (TPSA) is 33.1 Å². The third-order valence-electron chi connectivity index (χ3n) is 2.76. The van der Waals surface area contributed by atoms with Gasteiger partial charge in [0.1, 0.15) is 11.6 Å². The number of hydrogen-bond donors (Lipinski definition) is 1. The van der Waals surface area contributed by atoms with Gasteiger partial charge in [-0.1, -0.05) is 6.07 Å². The highest BCUT2D eigenvalue weighted by Gasteiger charge is 2.15. The fourth-order valence-electron chi connectivity index (χ4n) is 1.81. The molecule has 2 aromatic rings. The van der Waals surface area contributed by atoms with E-state index in [9.17, 15) is 13.9 Å². The summed E-state index contributed by atoms with van der Waals surface area (Å²) in [5.41, 5.74) is 1.25. The Labute approximate surface area is 104 Å². The molecule has 0 fully saturated rings. The van der Waals surface area contributed by atoms with Crippen LogP contribution in [0.2, 0.25) is 0 Å². The molecule has 2 rings (SSSR count). The Balaban J connectivity index is 2.24. The SMILES string of the molecule is Cc1cc(C(O)Cc2c(F)cccc2F)ccn1. The van der Waals surface area contributed by atoms with Gasteiger partial charge in [-0.05, 0) is 36.8 Å². The molecule has 0 saturated heterocycles. The van der Waals surface area contributed by atoms with E-state index in [2.05, 4.69) is 4.98 Å². The minimum atomic E-state index is -0.946. The second-order valence-corrected chi connectivity index (χ2v) is 4.15. The second-order valence-electron chi connectivity index (χ2n) is 4.15. The average Bonchev–Trinajstić information content (AvgIpc) is 2.34. The zero-order valence-corrected chi connectivity index (χ0v) is 9.90. The number of pyridine rings is 1. The quantitative estimate of drug-likeness (QED) is 0.907. The first-order valence-corrected chi connectivity index (χ1v) is 5.61. The molecule has 94 valence electrons. The molecule has 0 amide bonds. The monoisotopic (exact) mass is 249 g/mol. The van der Waals surface area contributed by atoms with Crippen molar-refractivity contribution in [3.8, 4) is 0 Å². The number of benzene rings is 1. The van der Waals surface area contributed by atoms with E-state index in [0.29, 0.717) is 5.56 Å². The number of aliphatic hydroxyl groups excluding tert-OH is 1. The smallest absolute Gasteiger partial charge is 0.129 e. The zero-order chi connectivity index (χ0) is 13.1. The van der Waals surface area contributed by atoms with Gasteiger partial charge in [-0.15, -0.1) is 0 Å². The summed E-state index contributed by atoms with van der Waals surface area (Å²) in [7, 11) is 0. The summed E-state index contributed by atoms with van der Waals surface area (Å²) in [6, 6.07) is 7.00. The lowest BCUT2D eigenvalue weighted by molar-refractivity contribution is 0.175. The van der Waals surface area contributed by atoms with Gasteiger partial charge in [-0.2, -0.15) is 0 Å². The van der Waals surface area contributed by atoms with Gasteiger partial charge in [0, 0.05) is 23.9 Å². The third-order valence-corrected chi connectivity index (χ3v) is 2.76. The van der Waals surface area contributed by atoms with Crippen molar-refractivity contribution < 1.29 is 13.9 Å². The van der Waals surface area contributed by atoms with Crippen molar-refractivity contribution in [1.82, 2.24) is 4.98 Å². The van der Waals surface area contributed by atoms with Gasteiger partial charge in [-0.25, -0.2) is 8.78 Å². The summed E-state index contributed by atoms with van der Waals surface area (Å²) in [5, 5.41) is 9.99. The van der Waals surface area contributed by atoms with Crippen LogP contribution in [0.3, 0.4) is 0 Å². The second kappa shape index (κ2) is 5.23. The lowest BCUT2D eigenvalue weighted by atomic mass is 10.0. The van der Waals surface area contributed by atoms with Crippen LogP contribution in [0.1, 0.15) is 22.9 Å². The van der Waals surface area contributed by atoms with Gasteiger partial charge in [0.05, 0.1) is 6.10 Å². The summed E-state index contributed by atoms with van der Waals surface area (Å²) in [4.78, 5) is 4.01. The van der Waals surface area contributed by atoms with Gasteiger partial charge < -0.3 is 5.11 Å². The fourth-order valence-corrected chi connectivity index (χ4v) is 1.81. The summed E-state index contributed by atoms with van der Waals surface area (Å²) in [6.07, 6.45) is 0.520. The van der Waals surface area contributed by atoms with E-state index < -0.39 is 17.7 Å². The van der Waals surface area contributed by atoms with Crippen LogP contribution in [0.25, 0.3) is 0 Å². The van der Waals surface area contributed by atoms with Gasteiger partial charge in [0.25, 0.3) is 0 Å². The van der Waals surface area contributed by atoms with Gasteiger partial charge >= 0.3 is 0 Å². The molecule has 0 saturated carbocycles. The molecule has 0 radical (unpaired) electrons. The Morgan fingerprint density at radius 2 is 1.89 bits per heavy atom. The molecule has 1 atom stereocenters. The molecule has 2 nitrogen and oxygen atoms in total. The van der Waals surface area contributed by atoms with Gasteiger partial charge in [0.2, 0.25) is 0 Å². The molecule has 1 heterocycles. The van der Waals surface area contributed by atoms with Crippen molar-refractivity contribution in [3.63, 3.8) is 0 Å². The largest absolute Gasteiger partial charge is 0.388 e. The van der Waals surface area contributed by atoms with Crippen LogP contribution in [0.4, 0.5) is 8.78 Å². The minimum Gasteiger partial charge on any atom is -0.388 e. The van der Waals surface area contributed by atoms with Crippen LogP contribution in [-0.4, -0.2) is 10.1 Å². The highest BCUT2D eigenvalue weighted by molar-refractivity contribution is 5.24. The number of aliphatic hydroxyl groups is 1. The zero-order valence-electron chi connectivity index (χ0n) is 9.90. The standard InChI is InChI=1S/C14H13F2NO/c1-9-7-10(5-6-17-9)14(18)8-11-12(15)3-2-4-13(11)16/h2-7,14,18H,8H2,1H3. The highest BCUT2D eigenvalue weighted by Crippen LogP contribution is 2.22. The first-order valence-electron chi connectivity index (χ1n) is 5.61. The molecule has 1 aromatic heterocycles. The van der Waals surface area contributed by atoms with Gasteiger partial charge in [0.15, 0.2) is 0 Å². The van der Waals surface area contributed by atoms with Crippen LogP contribution >= 0.6 is 0 Å². The minimum absolute atomic E-state index is 0.0953. The van der Waals surface area contributed by atoms with E-state index in [1.165, 1.54) is 18.2 Å². The predicted molar refractivity (Wildman–Crippen MR) is 64.0 cm³/mol. The molecule has 0 bridgehead atoms. The Bertz CT molecular complexity index is 537. The molecule has 0 aliphatic heterocycles. The van der Waals surface area contributed by atoms with E-state index in [4.69, 9.17) is 0 Å². The number of halogens is 2.